The lowest BCUT2D eigenvalue weighted by atomic mass is 10.1. The second kappa shape index (κ2) is 8.42. The Hall–Kier alpha value is -0.693. The van der Waals surface area contributed by atoms with E-state index in [2.05, 4.69) is 6.92 Å². The van der Waals surface area contributed by atoms with Gasteiger partial charge in [-0.3, -0.25) is 0 Å². The summed E-state index contributed by atoms with van der Waals surface area (Å²) in [6.45, 7) is 3.65. The number of aliphatic carboxylic acids is 1. The molecule has 1 unspecified atom stereocenters. The zero-order valence-corrected chi connectivity index (χ0v) is 12.9. The maximum absolute atomic E-state index is 10.8. The van der Waals surface area contributed by atoms with E-state index in [9.17, 15) is 4.79 Å². The summed E-state index contributed by atoms with van der Waals surface area (Å²) in [5.74, 6) is -0.898. The van der Waals surface area contributed by atoms with Crippen LogP contribution in [0, 0.1) is 0 Å². The molecule has 0 aliphatic carbocycles. The van der Waals surface area contributed by atoms with Crippen LogP contribution in [0.4, 0.5) is 0 Å². The molecule has 0 aliphatic heterocycles. The number of carboxylic acid groups (broad SMARTS) is 1. The van der Waals surface area contributed by atoms with E-state index in [1.807, 2.05) is 0 Å². The molecule has 106 valence electrons. The van der Waals surface area contributed by atoms with E-state index in [1.165, 1.54) is 0 Å². The van der Waals surface area contributed by atoms with Gasteiger partial charge in [-0.05, 0) is 19.8 Å². The van der Waals surface area contributed by atoms with Crippen LogP contribution in [0.5, 0.6) is 0 Å². The lowest BCUT2D eigenvalue weighted by Crippen LogP contribution is -2.47. The highest BCUT2D eigenvalue weighted by molar-refractivity contribution is 6.62. The highest BCUT2D eigenvalue weighted by Crippen LogP contribution is 2.32. The number of rotatable bonds is 9. The largest absolute Gasteiger partial charge is 0.503 e. The van der Waals surface area contributed by atoms with E-state index in [0.29, 0.717) is 12.0 Å². The molecule has 0 aromatic rings. The zero-order valence-electron chi connectivity index (χ0n) is 11.9. The van der Waals surface area contributed by atoms with E-state index in [-0.39, 0.29) is 5.54 Å². The number of carboxylic acids is 1. The maximum Gasteiger partial charge on any atom is 0.503 e. The molecule has 0 fully saturated rings. The van der Waals surface area contributed by atoms with Crippen molar-refractivity contribution in [3.05, 3.63) is 11.6 Å². The molecule has 0 saturated carbocycles. The molecule has 0 aromatic carbocycles. The van der Waals surface area contributed by atoms with Gasteiger partial charge in [0.1, 0.15) is 0 Å². The fourth-order valence-electron chi connectivity index (χ4n) is 1.94. The van der Waals surface area contributed by atoms with Gasteiger partial charge in [-0.25, -0.2) is 4.79 Å². The van der Waals surface area contributed by atoms with Gasteiger partial charge < -0.3 is 18.4 Å². The first kappa shape index (κ1) is 17.3. The van der Waals surface area contributed by atoms with E-state index in [4.69, 9.17) is 18.4 Å². The Morgan fingerprint density at radius 2 is 1.78 bits per heavy atom. The van der Waals surface area contributed by atoms with Crippen LogP contribution in [-0.4, -0.2) is 41.2 Å². The molecule has 1 atom stereocenters. The third-order valence-electron chi connectivity index (χ3n) is 3.04. The highest BCUT2D eigenvalue weighted by Gasteiger charge is 2.45. The van der Waals surface area contributed by atoms with Crippen LogP contribution in [0.25, 0.3) is 0 Å². The Morgan fingerprint density at radius 3 is 2.11 bits per heavy atom. The van der Waals surface area contributed by atoms with Crippen molar-refractivity contribution >= 4 is 14.8 Å². The summed E-state index contributed by atoms with van der Waals surface area (Å²) in [5.41, 5.74) is 0.416. The molecule has 0 aliphatic rings. The first-order valence-electron chi connectivity index (χ1n) is 6.02. The van der Waals surface area contributed by atoms with Gasteiger partial charge in [0.15, 0.2) is 0 Å². The van der Waals surface area contributed by atoms with E-state index in [0.717, 1.165) is 12.8 Å². The SMILES string of the molecule is CCCC(CC=C(C)C(=O)O)[Si](OC)(OC)OC. The van der Waals surface area contributed by atoms with Crippen molar-refractivity contribution in [1.82, 2.24) is 0 Å². The molecule has 0 radical (unpaired) electrons. The smallest absolute Gasteiger partial charge is 0.478 e. The predicted molar refractivity (Wildman–Crippen MR) is 71.4 cm³/mol. The average Bonchev–Trinajstić information content (AvgIpc) is 2.37. The van der Waals surface area contributed by atoms with Crippen molar-refractivity contribution in [2.24, 2.45) is 0 Å². The van der Waals surface area contributed by atoms with E-state index >= 15 is 0 Å². The van der Waals surface area contributed by atoms with Crippen LogP contribution >= 0.6 is 0 Å². The minimum Gasteiger partial charge on any atom is -0.478 e. The fraction of sp³-hybridized carbons (Fsp3) is 0.750. The minimum atomic E-state index is -2.71. The van der Waals surface area contributed by atoms with Crippen molar-refractivity contribution in [3.8, 4) is 0 Å². The van der Waals surface area contributed by atoms with E-state index in [1.54, 1.807) is 34.3 Å². The fourth-order valence-corrected chi connectivity index (χ4v) is 4.49. The van der Waals surface area contributed by atoms with Gasteiger partial charge in [-0.15, -0.1) is 0 Å². The second-order valence-electron chi connectivity index (χ2n) is 4.13. The topological polar surface area (TPSA) is 65.0 Å². The van der Waals surface area contributed by atoms with Gasteiger partial charge in [-0.2, -0.15) is 0 Å². The molecule has 0 rings (SSSR count). The van der Waals surface area contributed by atoms with Gasteiger partial charge in [0.2, 0.25) is 0 Å². The molecule has 1 N–H and O–H groups in total. The van der Waals surface area contributed by atoms with Crippen molar-refractivity contribution in [2.75, 3.05) is 21.3 Å². The zero-order chi connectivity index (χ0) is 14.2. The third-order valence-corrected chi connectivity index (χ3v) is 6.27. The van der Waals surface area contributed by atoms with E-state index < -0.39 is 14.8 Å². The predicted octanol–water partition coefficient (Wildman–Crippen LogP) is 2.46. The van der Waals surface area contributed by atoms with Crippen molar-refractivity contribution < 1.29 is 23.2 Å². The van der Waals surface area contributed by atoms with Crippen molar-refractivity contribution in [1.29, 1.82) is 0 Å². The lowest BCUT2D eigenvalue weighted by molar-refractivity contribution is -0.132. The maximum atomic E-state index is 10.8. The number of hydrogen-bond donors (Lipinski definition) is 1. The third kappa shape index (κ3) is 4.53. The van der Waals surface area contributed by atoms with Crippen LogP contribution in [0.3, 0.4) is 0 Å². The first-order valence-corrected chi connectivity index (χ1v) is 7.83. The van der Waals surface area contributed by atoms with Gasteiger partial charge in [0, 0.05) is 32.4 Å². The molecule has 0 aromatic heterocycles. The molecule has 5 nitrogen and oxygen atoms in total. The van der Waals surface area contributed by atoms with Crippen molar-refractivity contribution in [2.45, 2.75) is 38.7 Å². The molecular formula is C12H24O5Si. The van der Waals surface area contributed by atoms with Crippen LogP contribution < -0.4 is 0 Å². The van der Waals surface area contributed by atoms with Crippen LogP contribution in [0.2, 0.25) is 5.54 Å². The van der Waals surface area contributed by atoms with Gasteiger partial charge in [0.05, 0.1) is 0 Å². The number of hydrogen-bond acceptors (Lipinski definition) is 4. The normalized spacial score (nSPS) is 14.6. The molecule has 6 heteroatoms. The summed E-state index contributed by atoms with van der Waals surface area (Å²) in [4.78, 5) is 10.8. The molecule has 0 heterocycles. The highest BCUT2D eigenvalue weighted by atomic mass is 28.4. The Balaban J connectivity index is 4.94. The standard InChI is InChI=1S/C12H24O5Si/c1-6-7-11(9-8-10(2)12(13)14)18(15-3,16-4)17-5/h8,11H,6-7,9H2,1-5H3,(H,13,14). The Morgan fingerprint density at radius 1 is 1.28 bits per heavy atom. The molecule has 0 amide bonds. The monoisotopic (exact) mass is 276 g/mol. The van der Waals surface area contributed by atoms with Gasteiger partial charge in [0.25, 0.3) is 0 Å². The summed E-state index contributed by atoms with van der Waals surface area (Å²) in [6.07, 6.45) is 4.15. The lowest BCUT2D eigenvalue weighted by Gasteiger charge is -2.31. The second-order valence-corrected chi connectivity index (χ2v) is 7.38. The molecule has 0 saturated heterocycles. The summed E-state index contributed by atoms with van der Waals surface area (Å²) >= 11 is 0. The molecular weight excluding hydrogens is 252 g/mol. The summed E-state index contributed by atoms with van der Waals surface area (Å²) < 4.78 is 16.4. The summed E-state index contributed by atoms with van der Waals surface area (Å²) in [7, 11) is 2.03. The molecule has 18 heavy (non-hydrogen) atoms. The Bertz CT molecular complexity index is 278. The Kier molecular flexibility index (Phi) is 8.09. The quantitative estimate of drug-likeness (QED) is 0.517. The van der Waals surface area contributed by atoms with Crippen molar-refractivity contribution in [3.63, 3.8) is 0 Å². The van der Waals surface area contributed by atoms with Crippen LogP contribution in [0.15, 0.2) is 11.6 Å². The van der Waals surface area contributed by atoms with Crippen LogP contribution in [0.1, 0.15) is 33.1 Å². The average molecular weight is 276 g/mol. The first-order chi connectivity index (χ1) is 8.47. The number of carbonyl (C=O) groups is 1. The van der Waals surface area contributed by atoms with Gasteiger partial charge >= 0.3 is 14.8 Å². The minimum absolute atomic E-state index is 0.0804. The molecule has 0 bridgehead atoms. The van der Waals surface area contributed by atoms with Gasteiger partial charge in [-0.1, -0.05) is 19.4 Å². The summed E-state index contributed by atoms with van der Waals surface area (Å²) in [5, 5.41) is 8.85. The van der Waals surface area contributed by atoms with Crippen LogP contribution in [-0.2, 0) is 18.1 Å². The Labute approximate surface area is 110 Å². The molecule has 0 spiro atoms. The number of allylic oxidation sites excluding steroid dienone is 1. The summed E-state index contributed by atoms with van der Waals surface area (Å²) in [6, 6.07) is 0.